The summed E-state index contributed by atoms with van der Waals surface area (Å²) in [6, 6.07) is 18.1. The van der Waals surface area contributed by atoms with Gasteiger partial charge >= 0.3 is 0 Å². The predicted octanol–water partition coefficient (Wildman–Crippen LogP) is 2.91. The highest BCUT2D eigenvalue weighted by Gasteiger charge is 2.19. The molecule has 2 aromatic rings. The van der Waals surface area contributed by atoms with Crippen molar-refractivity contribution in [2.24, 2.45) is 0 Å². The van der Waals surface area contributed by atoms with Crippen LogP contribution >= 0.6 is 0 Å². The van der Waals surface area contributed by atoms with Crippen LogP contribution in [0, 0.1) is 0 Å². The van der Waals surface area contributed by atoms with Crippen LogP contribution in [0.25, 0.3) is 0 Å². The molecule has 0 aromatic heterocycles. The van der Waals surface area contributed by atoms with Gasteiger partial charge in [0, 0.05) is 32.7 Å². The number of methoxy groups -OCH3 is 1. The first-order valence-electron chi connectivity index (χ1n) is 9.23. The maximum Gasteiger partial charge on any atom is 0.142 e. The topological polar surface area (TPSA) is 34.2 Å². The van der Waals surface area contributed by atoms with Gasteiger partial charge in [0.25, 0.3) is 0 Å². The lowest BCUT2D eigenvalue weighted by molar-refractivity contribution is 0.0783. The Morgan fingerprint density at radius 1 is 0.808 bits per heavy atom. The van der Waals surface area contributed by atoms with E-state index >= 15 is 0 Å². The Labute approximate surface area is 156 Å². The van der Waals surface area contributed by atoms with E-state index in [1.54, 1.807) is 7.11 Å². The molecule has 1 aliphatic rings. The van der Waals surface area contributed by atoms with Crippen LogP contribution in [0.4, 0.5) is 5.69 Å². The van der Waals surface area contributed by atoms with Gasteiger partial charge < -0.3 is 19.1 Å². The minimum absolute atomic E-state index is 0.589. The molecule has 0 aliphatic carbocycles. The molecule has 140 valence electrons. The van der Waals surface area contributed by atoms with Gasteiger partial charge in [-0.3, -0.25) is 4.90 Å². The van der Waals surface area contributed by atoms with E-state index in [2.05, 4.69) is 21.9 Å². The SMILES string of the molecule is COc1ccccc1N1CCN(CCOCCOc2ccccc2)CC1. The van der Waals surface area contributed by atoms with E-state index in [1.807, 2.05) is 42.5 Å². The van der Waals surface area contributed by atoms with E-state index in [4.69, 9.17) is 14.2 Å². The highest BCUT2D eigenvalue weighted by molar-refractivity contribution is 5.58. The van der Waals surface area contributed by atoms with Crippen molar-refractivity contribution in [1.29, 1.82) is 0 Å². The van der Waals surface area contributed by atoms with Gasteiger partial charge in [-0.15, -0.1) is 0 Å². The fourth-order valence-electron chi connectivity index (χ4n) is 3.13. The minimum atomic E-state index is 0.589. The van der Waals surface area contributed by atoms with Crippen molar-refractivity contribution >= 4 is 5.69 Å². The van der Waals surface area contributed by atoms with Crippen molar-refractivity contribution < 1.29 is 14.2 Å². The van der Waals surface area contributed by atoms with Crippen LogP contribution in [0.1, 0.15) is 0 Å². The third-order valence-electron chi connectivity index (χ3n) is 4.59. The number of anilines is 1. The lowest BCUT2D eigenvalue weighted by atomic mass is 10.2. The normalized spacial score (nSPS) is 15.0. The largest absolute Gasteiger partial charge is 0.495 e. The van der Waals surface area contributed by atoms with Crippen molar-refractivity contribution in [1.82, 2.24) is 4.90 Å². The van der Waals surface area contributed by atoms with Gasteiger partial charge in [0.05, 0.1) is 26.0 Å². The first-order valence-corrected chi connectivity index (χ1v) is 9.23. The summed E-state index contributed by atoms with van der Waals surface area (Å²) in [6.07, 6.45) is 0. The number of nitrogens with zero attached hydrogens (tertiary/aromatic N) is 2. The van der Waals surface area contributed by atoms with E-state index in [9.17, 15) is 0 Å². The Hall–Kier alpha value is -2.24. The summed E-state index contributed by atoms with van der Waals surface area (Å²) < 4.78 is 16.8. The van der Waals surface area contributed by atoms with E-state index in [0.29, 0.717) is 13.2 Å². The standard InChI is InChI=1S/C21H28N2O3/c1-24-21-10-6-5-9-20(21)23-13-11-22(12-14-23)15-16-25-17-18-26-19-7-3-2-4-8-19/h2-10H,11-18H2,1H3. The third kappa shape index (κ3) is 5.38. The molecule has 1 saturated heterocycles. The molecule has 0 amide bonds. The third-order valence-corrected chi connectivity index (χ3v) is 4.59. The fraction of sp³-hybridized carbons (Fsp3) is 0.429. The van der Waals surface area contributed by atoms with Crippen LogP contribution in [0.2, 0.25) is 0 Å². The second-order valence-corrected chi connectivity index (χ2v) is 6.27. The number of benzene rings is 2. The molecule has 3 rings (SSSR count). The molecule has 5 nitrogen and oxygen atoms in total. The molecule has 26 heavy (non-hydrogen) atoms. The number of rotatable bonds is 9. The van der Waals surface area contributed by atoms with Crippen LogP contribution in [-0.4, -0.2) is 64.6 Å². The van der Waals surface area contributed by atoms with Gasteiger partial charge in [-0.25, -0.2) is 0 Å². The summed E-state index contributed by atoms with van der Waals surface area (Å²) in [5, 5.41) is 0. The Morgan fingerprint density at radius 3 is 2.31 bits per heavy atom. The van der Waals surface area contributed by atoms with E-state index < -0.39 is 0 Å². The van der Waals surface area contributed by atoms with Crippen LogP contribution in [0.3, 0.4) is 0 Å². The summed E-state index contributed by atoms with van der Waals surface area (Å²) in [5.41, 5.74) is 1.18. The van der Waals surface area contributed by atoms with E-state index in [0.717, 1.165) is 50.8 Å². The number of ether oxygens (including phenoxy) is 3. The van der Waals surface area contributed by atoms with Gasteiger partial charge in [-0.05, 0) is 24.3 Å². The van der Waals surface area contributed by atoms with Crippen molar-refractivity contribution in [2.45, 2.75) is 0 Å². The highest BCUT2D eigenvalue weighted by atomic mass is 16.5. The molecular weight excluding hydrogens is 328 g/mol. The maximum absolute atomic E-state index is 5.71. The highest BCUT2D eigenvalue weighted by Crippen LogP contribution is 2.28. The molecule has 0 bridgehead atoms. The zero-order valence-corrected chi connectivity index (χ0v) is 15.5. The van der Waals surface area contributed by atoms with Crippen molar-refractivity contribution in [3.8, 4) is 11.5 Å². The molecule has 0 N–H and O–H groups in total. The number of piperazine rings is 1. The molecule has 1 fully saturated rings. The lowest BCUT2D eigenvalue weighted by Crippen LogP contribution is -2.47. The van der Waals surface area contributed by atoms with Crippen molar-refractivity contribution in [3.63, 3.8) is 0 Å². The monoisotopic (exact) mass is 356 g/mol. The average molecular weight is 356 g/mol. The molecular formula is C21H28N2O3. The average Bonchev–Trinajstić information content (AvgIpc) is 2.72. The Morgan fingerprint density at radius 2 is 1.54 bits per heavy atom. The van der Waals surface area contributed by atoms with Crippen LogP contribution in [0.5, 0.6) is 11.5 Å². The minimum Gasteiger partial charge on any atom is -0.495 e. The summed E-state index contributed by atoms with van der Waals surface area (Å²) in [7, 11) is 1.73. The zero-order valence-electron chi connectivity index (χ0n) is 15.5. The summed E-state index contributed by atoms with van der Waals surface area (Å²) in [6.45, 7) is 7.03. The van der Waals surface area contributed by atoms with Gasteiger partial charge in [-0.2, -0.15) is 0 Å². The molecule has 2 aromatic carbocycles. The smallest absolute Gasteiger partial charge is 0.142 e. The lowest BCUT2D eigenvalue weighted by Gasteiger charge is -2.36. The zero-order chi connectivity index (χ0) is 18.0. The first kappa shape index (κ1) is 18.5. The fourth-order valence-corrected chi connectivity index (χ4v) is 3.13. The predicted molar refractivity (Wildman–Crippen MR) is 104 cm³/mol. The van der Waals surface area contributed by atoms with Crippen LogP contribution in [-0.2, 0) is 4.74 Å². The molecule has 5 heteroatoms. The summed E-state index contributed by atoms with van der Waals surface area (Å²) in [4.78, 5) is 4.84. The molecule has 0 saturated carbocycles. The van der Waals surface area contributed by atoms with Crippen LogP contribution in [0.15, 0.2) is 54.6 Å². The second kappa shape index (κ2) is 10.0. The summed E-state index contributed by atoms with van der Waals surface area (Å²) in [5.74, 6) is 1.84. The number of hydrogen-bond donors (Lipinski definition) is 0. The van der Waals surface area contributed by atoms with E-state index in [1.165, 1.54) is 5.69 Å². The molecule has 0 unspecified atom stereocenters. The summed E-state index contributed by atoms with van der Waals surface area (Å²) >= 11 is 0. The Balaban J connectivity index is 1.29. The first-order chi connectivity index (χ1) is 12.9. The molecule has 1 aliphatic heterocycles. The van der Waals surface area contributed by atoms with Gasteiger partial charge in [0.2, 0.25) is 0 Å². The van der Waals surface area contributed by atoms with E-state index in [-0.39, 0.29) is 0 Å². The van der Waals surface area contributed by atoms with Crippen molar-refractivity contribution in [2.75, 3.05) is 64.6 Å². The number of hydrogen-bond acceptors (Lipinski definition) is 5. The van der Waals surface area contributed by atoms with Crippen molar-refractivity contribution in [3.05, 3.63) is 54.6 Å². The van der Waals surface area contributed by atoms with Gasteiger partial charge in [-0.1, -0.05) is 30.3 Å². The molecule has 0 radical (unpaired) electrons. The molecule has 0 spiro atoms. The Bertz CT molecular complexity index is 643. The van der Waals surface area contributed by atoms with Gasteiger partial charge in [0.15, 0.2) is 0 Å². The molecule has 0 atom stereocenters. The van der Waals surface area contributed by atoms with Gasteiger partial charge in [0.1, 0.15) is 18.1 Å². The number of para-hydroxylation sites is 3. The maximum atomic E-state index is 5.71. The quantitative estimate of drug-likeness (QED) is 0.646. The Kier molecular flexibility index (Phi) is 7.16. The second-order valence-electron chi connectivity index (χ2n) is 6.27. The molecule has 1 heterocycles. The van der Waals surface area contributed by atoms with Crippen LogP contribution < -0.4 is 14.4 Å².